The molecule has 5 nitrogen and oxygen atoms in total. The van der Waals surface area contributed by atoms with Crippen molar-refractivity contribution < 1.29 is 17.6 Å². The van der Waals surface area contributed by atoms with Gasteiger partial charge in [0.15, 0.2) is 0 Å². The zero-order chi connectivity index (χ0) is 21.7. The normalized spacial score (nSPS) is 11.2. The summed E-state index contributed by atoms with van der Waals surface area (Å²) in [7, 11) is -2.45. The van der Waals surface area contributed by atoms with Gasteiger partial charge in [0, 0.05) is 24.2 Å². The number of halogens is 2. The number of anilines is 1. The molecule has 3 aromatic carbocycles. The van der Waals surface area contributed by atoms with Crippen molar-refractivity contribution in [3.8, 4) is 0 Å². The molecule has 0 spiro atoms. The van der Waals surface area contributed by atoms with Crippen LogP contribution >= 0.6 is 11.6 Å². The molecule has 3 rings (SSSR count). The molecule has 0 aliphatic carbocycles. The van der Waals surface area contributed by atoms with E-state index in [0.29, 0.717) is 23.7 Å². The third kappa shape index (κ3) is 5.17. The second-order valence-electron chi connectivity index (χ2n) is 6.61. The maximum atomic E-state index is 13.0. The fourth-order valence-electron chi connectivity index (χ4n) is 2.84. The van der Waals surface area contributed by atoms with Gasteiger partial charge in [-0.25, -0.2) is 12.8 Å². The molecule has 0 radical (unpaired) electrons. The molecule has 0 saturated heterocycles. The Bertz CT molecular complexity index is 1150. The quantitative estimate of drug-likeness (QED) is 0.589. The number of amides is 1. The van der Waals surface area contributed by atoms with E-state index < -0.39 is 10.0 Å². The summed E-state index contributed by atoms with van der Waals surface area (Å²) < 4.78 is 40.0. The van der Waals surface area contributed by atoms with Gasteiger partial charge in [0.2, 0.25) is 0 Å². The van der Waals surface area contributed by atoms with Gasteiger partial charge in [-0.2, -0.15) is 0 Å². The van der Waals surface area contributed by atoms with E-state index in [4.69, 9.17) is 11.6 Å². The van der Waals surface area contributed by atoms with Crippen LogP contribution in [0.5, 0.6) is 0 Å². The number of hydrogen-bond donors (Lipinski definition) is 1. The number of sulfonamides is 1. The van der Waals surface area contributed by atoms with E-state index in [0.717, 1.165) is 9.87 Å². The fourth-order valence-corrected chi connectivity index (χ4v) is 4.26. The first-order valence-corrected chi connectivity index (χ1v) is 11.0. The van der Waals surface area contributed by atoms with Gasteiger partial charge >= 0.3 is 0 Å². The van der Waals surface area contributed by atoms with Gasteiger partial charge in [0.25, 0.3) is 15.9 Å². The lowest BCUT2D eigenvalue weighted by Crippen LogP contribution is -2.28. The predicted octanol–water partition coefficient (Wildman–Crippen LogP) is 4.28. The molecule has 0 unspecified atom stereocenters. The summed E-state index contributed by atoms with van der Waals surface area (Å²) in [6, 6.07) is 18.4. The Morgan fingerprint density at radius 1 is 1.03 bits per heavy atom. The summed E-state index contributed by atoms with van der Waals surface area (Å²) in [5, 5.41) is 3.17. The topological polar surface area (TPSA) is 66.5 Å². The van der Waals surface area contributed by atoms with Crippen LogP contribution in [0.15, 0.2) is 77.7 Å². The van der Waals surface area contributed by atoms with Crippen molar-refractivity contribution in [1.82, 2.24) is 5.32 Å². The molecular formula is C22H20ClFN2O3S. The first-order chi connectivity index (χ1) is 14.3. The Hall–Kier alpha value is -2.90. The van der Waals surface area contributed by atoms with Gasteiger partial charge < -0.3 is 5.32 Å². The SMILES string of the molecule is CN(c1cccc(Cl)c1)S(=O)(=O)c1cccc(C(=O)NCCc2ccc(F)cc2)c1. The standard InChI is InChI=1S/C22H20ClFN2O3S/c1-26(20-6-3-5-18(23)15-20)30(28,29)21-7-2-4-17(14-21)22(27)25-13-12-16-8-10-19(24)11-9-16/h2-11,14-15H,12-13H2,1H3,(H,25,27). The van der Waals surface area contributed by atoms with Gasteiger partial charge in [0.05, 0.1) is 10.6 Å². The van der Waals surface area contributed by atoms with E-state index in [9.17, 15) is 17.6 Å². The highest BCUT2D eigenvalue weighted by molar-refractivity contribution is 7.92. The van der Waals surface area contributed by atoms with Crippen LogP contribution in [0.3, 0.4) is 0 Å². The molecule has 0 aliphatic heterocycles. The van der Waals surface area contributed by atoms with Crippen LogP contribution < -0.4 is 9.62 Å². The lowest BCUT2D eigenvalue weighted by molar-refractivity contribution is 0.0954. The second-order valence-corrected chi connectivity index (χ2v) is 9.02. The molecule has 0 heterocycles. The van der Waals surface area contributed by atoms with Crippen LogP contribution in [-0.4, -0.2) is 27.9 Å². The maximum Gasteiger partial charge on any atom is 0.264 e. The largest absolute Gasteiger partial charge is 0.352 e. The van der Waals surface area contributed by atoms with Gasteiger partial charge in [-0.3, -0.25) is 9.10 Å². The monoisotopic (exact) mass is 446 g/mol. The third-order valence-electron chi connectivity index (χ3n) is 4.54. The Labute approximate surface area is 180 Å². The van der Waals surface area contributed by atoms with Crippen LogP contribution in [0.2, 0.25) is 5.02 Å². The number of benzene rings is 3. The van der Waals surface area contributed by atoms with Crippen molar-refractivity contribution in [1.29, 1.82) is 0 Å². The van der Waals surface area contributed by atoms with Crippen LogP contribution in [0.1, 0.15) is 15.9 Å². The van der Waals surface area contributed by atoms with Gasteiger partial charge in [-0.15, -0.1) is 0 Å². The number of hydrogen-bond acceptors (Lipinski definition) is 3. The number of carbonyl (C=O) groups excluding carboxylic acids is 1. The van der Waals surface area contributed by atoms with Crippen molar-refractivity contribution in [2.75, 3.05) is 17.9 Å². The zero-order valence-corrected chi connectivity index (χ0v) is 17.8. The second kappa shape index (κ2) is 9.28. The van der Waals surface area contributed by atoms with Crippen molar-refractivity contribution in [2.45, 2.75) is 11.3 Å². The van der Waals surface area contributed by atoms with E-state index in [1.165, 1.54) is 37.4 Å². The Balaban J connectivity index is 1.71. The van der Waals surface area contributed by atoms with E-state index in [1.54, 1.807) is 42.5 Å². The Morgan fingerprint density at radius 3 is 2.43 bits per heavy atom. The molecule has 1 amide bonds. The van der Waals surface area contributed by atoms with Crippen LogP contribution in [0.25, 0.3) is 0 Å². The summed E-state index contributed by atoms with van der Waals surface area (Å²) in [4.78, 5) is 12.5. The lowest BCUT2D eigenvalue weighted by Gasteiger charge is -2.20. The minimum absolute atomic E-state index is 0.00356. The minimum atomic E-state index is -3.87. The summed E-state index contributed by atoms with van der Waals surface area (Å²) in [5.41, 5.74) is 1.53. The van der Waals surface area contributed by atoms with Crippen LogP contribution in [0.4, 0.5) is 10.1 Å². The molecule has 0 atom stereocenters. The Kier molecular flexibility index (Phi) is 6.74. The van der Waals surface area contributed by atoms with Crippen LogP contribution in [0, 0.1) is 5.82 Å². The molecule has 0 aliphatic rings. The molecule has 0 bridgehead atoms. The van der Waals surface area contributed by atoms with E-state index >= 15 is 0 Å². The molecule has 8 heteroatoms. The van der Waals surface area contributed by atoms with Crippen molar-refractivity contribution in [3.05, 3.63) is 94.8 Å². The highest BCUT2D eigenvalue weighted by Gasteiger charge is 2.22. The smallest absolute Gasteiger partial charge is 0.264 e. The zero-order valence-electron chi connectivity index (χ0n) is 16.2. The van der Waals surface area contributed by atoms with Crippen molar-refractivity contribution in [2.24, 2.45) is 0 Å². The highest BCUT2D eigenvalue weighted by Crippen LogP contribution is 2.25. The molecule has 156 valence electrons. The predicted molar refractivity (Wildman–Crippen MR) is 116 cm³/mol. The number of rotatable bonds is 7. The van der Waals surface area contributed by atoms with E-state index in [-0.39, 0.29) is 22.2 Å². The molecule has 0 fully saturated rings. The van der Waals surface area contributed by atoms with Gasteiger partial charge in [-0.1, -0.05) is 35.9 Å². The van der Waals surface area contributed by atoms with E-state index in [2.05, 4.69) is 5.32 Å². The van der Waals surface area contributed by atoms with E-state index in [1.807, 2.05) is 0 Å². The average molecular weight is 447 g/mol. The summed E-state index contributed by atoms with van der Waals surface area (Å²) in [6.45, 7) is 0.337. The number of nitrogens with zero attached hydrogens (tertiary/aromatic N) is 1. The maximum absolute atomic E-state index is 13.0. The summed E-state index contributed by atoms with van der Waals surface area (Å²) in [6.07, 6.45) is 0.529. The van der Waals surface area contributed by atoms with Crippen LogP contribution in [-0.2, 0) is 16.4 Å². The molecule has 1 N–H and O–H groups in total. The first kappa shape index (κ1) is 21.8. The molecule has 30 heavy (non-hydrogen) atoms. The number of carbonyl (C=O) groups is 1. The Morgan fingerprint density at radius 2 is 1.73 bits per heavy atom. The molecular weight excluding hydrogens is 427 g/mol. The molecule has 0 aromatic heterocycles. The summed E-state index contributed by atoms with van der Waals surface area (Å²) in [5.74, 6) is -0.705. The van der Waals surface area contributed by atoms with Crippen molar-refractivity contribution >= 4 is 33.2 Å². The minimum Gasteiger partial charge on any atom is -0.352 e. The molecule has 0 saturated carbocycles. The summed E-state index contributed by atoms with van der Waals surface area (Å²) >= 11 is 5.96. The average Bonchev–Trinajstić information content (AvgIpc) is 2.74. The fraction of sp³-hybridized carbons (Fsp3) is 0.136. The van der Waals surface area contributed by atoms with Gasteiger partial charge in [0.1, 0.15) is 5.82 Å². The lowest BCUT2D eigenvalue weighted by atomic mass is 10.1. The number of nitrogens with one attached hydrogen (secondary N) is 1. The van der Waals surface area contributed by atoms with Gasteiger partial charge in [-0.05, 0) is 60.5 Å². The first-order valence-electron chi connectivity index (χ1n) is 9.14. The van der Waals surface area contributed by atoms with Crippen molar-refractivity contribution in [3.63, 3.8) is 0 Å². The third-order valence-corrected chi connectivity index (χ3v) is 6.56. The highest BCUT2D eigenvalue weighted by atomic mass is 35.5. The molecule has 3 aromatic rings.